The van der Waals surface area contributed by atoms with Crippen molar-refractivity contribution in [3.8, 4) is 11.5 Å². The Hall–Kier alpha value is -5.48. The minimum atomic E-state index is -5.43. The van der Waals surface area contributed by atoms with Crippen molar-refractivity contribution < 1.29 is 71.7 Å². The molecule has 0 heterocycles. The van der Waals surface area contributed by atoms with E-state index in [0.717, 1.165) is 50.2 Å². The highest BCUT2D eigenvalue weighted by atomic mass is 32.2. The Kier molecular flexibility index (Phi) is 10.5. The first-order valence-electron chi connectivity index (χ1n) is 13.4. The van der Waals surface area contributed by atoms with Crippen LogP contribution in [0.4, 0.5) is 34.1 Å². The highest BCUT2D eigenvalue weighted by Gasteiger charge is 2.29. The average molecular weight is 803 g/mol. The number of anilines is 2. The van der Waals surface area contributed by atoms with Crippen LogP contribution in [0.15, 0.2) is 88.6 Å². The SMILES string of the molecule is CC(=O)Nc1ccc(N=Nc2c(S(=O)(=O)O)cc3cc(S(=O)(=O)O)c(N=Nc4ccc(NC(C)=O)cc4S(=O)(=O)O)c(O)c3c2O)c(S(=O)(=O)O)c1. The topological polar surface area (TPSA) is 366 Å². The molecule has 0 fully saturated rings. The molecule has 0 unspecified atom stereocenters. The zero-order chi connectivity index (χ0) is 39.1. The molecule has 0 aromatic heterocycles. The lowest BCUT2D eigenvalue weighted by molar-refractivity contribution is -0.115. The van der Waals surface area contributed by atoms with Crippen molar-refractivity contribution in [2.75, 3.05) is 10.6 Å². The third-order valence-corrected chi connectivity index (χ3v) is 9.94. The number of aromatic hydroxyl groups is 2. The van der Waals surface area contributed by atoms with Crippen LogP contribution < -0.4 is 10.6 Å². The van der Waals surface area contributed by atoms with Gasteiger partial charge in [0.2, 0.25) is 11.8 Å². The molecule has 4 rings (SSSR count). The van der Waals surface area contributed by atoms with Gasteiger partial charge in [-0.15, -0.1) is 20.5 Å². The maximum Gasteiger partial charge on any atom is 0.296 e. The third-order valence-electron chi connectivity index (χ3n) is 6.44. The fourth-order valence-electron chi connectivity index (χ4n) is 4.42. The highest BCUT2D eigenvalue weighted by Crippen LogP contribution is 2.50. The smallest absolute Gasteiger partial charge is 0.296 e. The van der Waals surface area contributed by atoms with Gasteiger partial charge in [-0.25, -0.2) is 0 Å². The Morgan fingerprint density at radius 3 is 1.13 bits per heavy atom. The second-order valence-corrected chi connectivity index (χ2v) is 15.8. The van der Waals surface area contributed by atoms with E-state index < -0.39 is 117 Å². The number of azo groups is 2. The summed E-state index contributed by atoms with van der Waals surface area (Å²) >= 11 is 0. The molecule has 4 aromatic rings. The van der Waals surface area contributed by atoms with Crippen molar-refractivity contribution in [1.82, 2.24) is 0 Å². The van der Waals surface area contributed by atoms with Crippen molar-refractivity contribution >= 4 is 97.2 Å². The van der Waals surface area contributed by atoms with E-state index in [9.17, 15) is 71.7 Å². The molecule has 0 atom stereocenters. The number of amides is 2. The van der Waals surface area contributed by atoms with Crippen molar-refractivity contribution in [3.63, 3.8) is 0 Å². The first-order chi connectivity index (χ1) is 23.8. The zero-order valence-electron chi connectivity index (χ0n) is 25.8. The molecule has 0 aliphatic rings. The number of carbonyl (C=O) groups is 2. The number of fused-ring (bicyclic) bond motifs is 1. The number of nitrogens with zero attached hydrogens (tertiary/aromatic N) is 4. The minimum Gasteiger partial charge on any atom is -0.505 e. The zero-order valence-corrected chi connectivity index (χ0v) is 29.1. The highest BCUT2D eigenvalue weighted by molar-refractivity contribution is 7.86. The number of phenols is 2. The molecule has 4 aromatic carbocycles. The van der Waals surface area contributed by atoms with Crippen molar-refractivity contribution in [3.05, 3.63) is 48.5 Å². The van der Waals surface area contributed by atoms with E-state index in [2.05, 4.69) is 31.1 Å². The van der Waals surface area contributed by atoms with Crippen LogP contribution in [0.25, 0.3) is 10.8 Å². The molecule has 0 bridgehead atoms. The van der Waals surface area contributed by atoms with Crippen molar-refractivity contribution in [2.45, 2.75) is 33.4 Å². The molecular weight excluding hydrogens is 781 g/mol. The number of hydrogen-bond donors (Lipinski definition) is 8. The van der Waals surface area contributed by atoms with Crippen LogP contribution in [-0.2, 0) is 50.1 Å². The van der Waals surface area contributed by atoms with Crippen LogP contribution in [0.5, 0.6) is 11.5 Å². The second-order valence-electron chi connectivity index (χ2n) is 10.3. The van der Waals surface area contributed by atoms with E-state index in [1.54, 1.807) is 0 Å². The number of rotatable bonds is 10. The van der Waals surface area contributed by atoms with Gasteiger partial charge in [0.1, 0.15) is 42.3 Å². The van der Waals surface area contributed by atoms with Crippen LogP contribution in [0, 0.1) is 0 Å². The maximum absolute atomic E-state index is 12.3. The summed E-state index contributed by atoms with van der Waals surface area (Å²) in [7, 11) is -21.1. The van der Waals surface area contributed by atoms with E-state index in [1.807, 2.05) is 0 Å². The van der Waals surface area contributed by atoms with Gasteiger partial charge in [-0.2, -0.15) is 33.7 Å². The Labute approximate surface area is 292 Å². The lowest BCUT2D eigenvalue weighted by atomic mass is 10.1. The molecule has 276 valence electrons. The van der Waals surface area contributed by atoms with E-state index >= 15 is 0 Å². The van der Waals surface area contributed by atoms with Crippen LogP contribution >= 0.6 is 0 Å². The molecule has 0 saturated heterocycles. The van der Waals surface area contributed by atoms with Crippen LogP contribution in [-0.4, -0.2) is 73.9 Å². The second kappa shape index (κ2) is 13.9. The van der Waals surface area contributed by atoms with Crippen LogP contribution in [0.2, 0.25) is 0 Å². The van der Waals surface area contributed by atoms with Gasteiger partial charge in [-0.05, 0) is 53.9 Å². The molecule has 0 aliphatic heterocycles. The number of phenolic OH excluding ortho intramolecular Hbond substituents is 2. The van der Waals surface area contributed by atoms with Crippen LogP contribution in [0.1, 0.15) is 13.8 Å². The minimum absolute atomic E-state index is 0.139. The average Bonchev–Trinajstić information content (AvgIpc) is 2.98. The summed E-state index contributed by atoms with van der Waals surface area (Å²) in [6, 6.07) is 6.36. The van der Waals surface area contributed by atoms with Gasteiger partial charge < -0.3 is 20.8 Å². The fourth-order valence-corrected chi connectivity index (χ4v) is 7.04. The normalized spacial score (nSPS) is 12.8. The number of carbonyl (C=O) groups excluding carboxylic acids is 2. The Bertz CT molecular complexity index is 2530. The maximum atomic E-state index is 12.3. The third kappa shape index (κ3) is 8.69. The van der Waals surface area contributed by atoms with Gasteiger partial charge in [-0.3, -0.25) is 27.8 Å². The van der Waals surface area contributed by atoms with Gasteiger partial charge in [0.05, 0.1) is 5.39 Å². The Morgan fingerprint density at radius 2 is 0.846 bits per heavy atom. The molecule has 0 spiro atoms. The van der Waals surface area contributed by atoms with Crippen LogP contribution in [0.3, 0.4) is 0 Å². The molecule has 52 heavy (non-hydrogen) atoms. The summed E-state index contributed by atoms with van der Waals surface area (Å²) in [6.45, 7) is 2.18. The summed E-state index contributed by atoms with van der Waals surface area (Å²) in [5.41, 5.74) is -4.11. The number of nitrogens with one attached hydrogen (secondary N) is 2. The summed E-state index contributed by atoms with van der Waals surface area (Å²) in [5, 5.41) is 39.2. The quantitative estimate of drug-likeness (QED) is 0.0830. The summed E-state index contributed by atoms with van der Waals surface area (Å²) < 4.78 is 137. The van der Waals surface area contributed by atoms with Gasteiger partial charge >= 0.3 is 0 Å². The van der Waals surface area contributed by atoms with E-state index in [4.69, 9.17) is 0 Å². The molecular formula is C26H22N6O16S4. The van der Waals surface area contributed by atoms with E-state index in [0.29, 0.717) is 12.1 Å². The Balaban J connectivity index is 2.03. The Morgan fingerprint density at radius 1 is 0.519 bits per heavy atom. The molecule has 0 saturated carbocycles. The fraction of sp³-hybridized carbons (Fsp3) is 0.0769. The summed E-state index contributed by atoms with van der Waals surface area (Å²) in [4.78, 5) is 18.2. The predicted octanol–water partition coefficient (Wildman–Crippen LogP) is 3.99. The molecule has 2 amide bonds. The molecule has 26 heteroatoms. The number of benzene rings is 4. The van der Waals surface area contributed by atoms with Gasteiger partial charge in [0.25, 0.3) is 40.5 Å². The lowest BCUT2D eigenvalue weighted by Crippen LogP contribution is -2.07. The predicted molar refractivity (Wildman–Crippen MR) is 176 cm³/mol. The molecule has 0 radical (unpaired) electrons. The largest absolute Gasteiger partial charge is 0.505 e. The standard InChI is InChI=1S/C26H22N6O16S4/c1-11(33)27-14-3-5-16(18(9-14)49(37,38)39)29-31-23-20(51(43,44)45)7-13-8-21(52(46,47)48)24(26(36)22(13)25(23)35)32-30-17-6-4-15(28-12(2)34)10-19(17)50(40,41)42/h3-10,35-36H,1-2H3,(H,27,33)(H,28,34)(H,37,38,39)(H,40,41,42)(H,43,44,45)(H,46,47,48). The van der Waals surface area contributed by atoms with E-state index in [1.165, 1.54) is 0 Å². The van der Waals surface area contributed by atoms with Crippen molar-refractivity contribution in [2.24, 2.45) is 20.5 Å². The number of hydrogen-bond acceptors (Lipinski definition) is 16. The first-order valence-corrected chi connectivity index (χ1v) is 19.2. The van der Waals surface area contributed by atoms with Gasteiger partial charge in [0, 0.05) is 25.2 Å². The monoisotopic (exact) mass is 802 g/mol. The molecule has 0 aliphatic carbocycles. The summed E-state index contributed by atoms with van der Waals surface area (Å²) in [6.07, 6.45) is 0. The summed E-state index contributed by atoms with van der Waals surface area (Å²) in [5.74, 6) is -4.04. The lowest BCUT2D eigenvalue weighted by Gasteiger charge is -2.13. The molecule has 8 N–H and O–H groups in total. The van der Waals surface area contributed by atoms with Gasteiger partial charge in [-0.1, -0.05) is 0 Å². The van der Waals surface area contributed by atoms with E-state index in [-0.39, 0.29) is 11.4 Å². The van der Waals surface area contributed by atoms with Gasteiger partial charge in [0.15, 0.2) is 11.5 Å². The van der Waals surface area contributed by atoms with Crippen molar-refractivity contribution in [1.29, 1.82) is 0 Å². The first kappa shape index (κ1) is 39.3. The molecule has 22 nitrogen and oxygen atoms in total.